The highest BCUT2D eigenvalue weighted by atomic mass is 16.6. The lowest BCUT2D eigenvalue weighted by Crippen LogP contribution is -2.11. The maximum atomic E-state index is 11.4. The molecule has 0 radical (unpaired) electrons. The average molecular weight is 184 g/mol. The summed E-state index contributed by atoms with van der Waals surface area (Å²) in [5, 5.41) is 0. The van der Waals surface area contributed by atoms with Crippen LogP contribution >= 0.6 is 0 Å². The predicted octanol–water partition coefficient (Wildman–Crippen LogP) is 2.02. The SMILES string of the molecule is CCOC(=O)C1=C(C)CCCCO1. The molecule has 1 heterocycles. The van der Waals surface area contributed by atoms with E-state index in [0.717, 1.165) is 24.8 Å². The van der Waals surface area contributed by atoms with Gasteiger partial charge in [-0.2, -0.15) is 0 Å². The molecule has 0 aromatic carbocycles. The van der Waals surface area contributed by atoms with Gasteiger partial charge >= 0.3 is 5.97 Å². The number of hydrogen-bond acceptors (Lipinski definition) is 3. The molecule has 0 aromatic heterocycles. The normalized spacial score (nSPS) is 17.7. The molecule has 0 bridgehead atoms. The van der Waals surface area contributed by atoms with Crippen molar-refractivity contribution in [2.45, 2.75) is 33.1 Å². The quantitative estimate of drug-likeness (QED) is 0.616. The van der Waals surface area contributed by atoms with Crippen LogP contribution in [0.15, 0.2) is 11.3 Å². The molecule has 74 valence electrons. The van der Waals surface area contributed by atoms with Crippen LogP contribution in [0.4, 0.5) is 0 Å². The van der Waals surface area contributed by atoms with Crippen molar-refractivity contribution in [3.63, 3.8) is 0 Å². The summed E-state index contributed by atoms with van der Waals surface area (Å²) in [7, 11) is 0. The van der Waals surface area contributed by atoms with E-state index in [2.05, 4.69) is 0 Å². The molecule has 0 spiro atoms. The molecule has 3 heteroatoms. The van der Waals surface area contributed by atoms with Gasteiger partial charge in [0.25, 0.3) is 0 Å². The molecular weight excluding hydrogens is 168 g/mol. The van der Waals surface area contributed by atoms with Crippen molar-refractivity contribution in [3.8, 4) is 0 Å². The molecule has 0 saturated heterocycles. The molecule has 1 aliphatic rings. The first kappa shape index (κ1) is 10.1. The summed E-state index contributed by atoms with van der Waals surface area (Å²) in [5.41, 5.74) is 1.01. The van der Waals surface area contributed by atoms with Gasteiger partial charge in [0.2, 0.25) is 5.76 Å². The third kappa shape index (κ3) is 2.76. The second-order valence-electron chi connectivity index (χ2n) is 3.14. The van der Waals surface area contributed by atoms with Crippen LogP contribution < -0.4 is 0 Å². The van der Waals surface area contributed by atoms with Crippen molar-refractivity contribution in [2.24, 2.45) is 0 Å². The fraction of sp³-hybridized carbons (Fsp3) is 0.700. The topological polar surface area (TPSA) is 35.5 Å². The zero-order valence-corrected chi connectivity index (χ0v) is 8.26. The van der Waals surface area contributed by atoms with Gasteiger partial charge in [0.15, 0.2) is 0 Å². The highest BCUT2D eigenvalue weighted by Crippen LogP contribution is 2.19. The van der Waals surface area contributed by atoms with Crippen LogP contribution in [0, 0.1) is 0 Å². The van der Waals surface area contributed by atoms with Crippen LogP contribution in [0.3, 0.4) is 0 Å². The molecule has 0 fully saturated rings. The van der Waals surface area contributed by atoms with Gasteiger partial charge in [-0.15, -0.1) is 0 Å². The molecule has 0 saturated carbocycles. The smallest absolute Gasteiger partial charge is 0.373 e. The van der Waals surface area contributed by atoms with Crippen LogP contribution in [-0.4, -0.2) is 19.2 Å². The average Bonchev–Trinajstić information content (AvgIpc) is 2.30. The molecule has 13 heavy (non-hydrogen) atoms. The van der Waals surface area contributed by atoms with E-state index in [4.69, 9.17) is 9.47 Å². The molecule has 3 nitrogen and oxygen atoms in total. The number of allylic oxidation sites excluding steroid dienone is 1. The molecule has 1 rings (SSSR count). The molecule has 0 aromatic rings. The fourth-order valence-corrected chi connectivity index (χ4v) is 1.33. The number of carbonyl (C=O) groups excluding carboxylic acids is 1. The molecule has 0 N–H and O–H groups in total. The summed E-state index contributed by atoms with van der Waals surface area (Å²) in [5.74, 6) is 0.112. The molecule has 0 amide bonds. The van der Waals surface area contributed by atoms with E-state index in [1.807, 2.05) is 6.92 Å². The van der Waals surface area contributed by atoms with Crippen molar-refractivity contribution >= 4 is 5.97 Å². The summed E-state index contributed by atoms with van der Waals surface area (Å²) in [4.78, 5) is 11.4. The van der Waals surface area contributed by atoms with E-state index >= 15 is 0 Å². The molecule has 0 unspecified atom stereocenters. The summed E-state index contributed by atoms with van der Waals surface area (Å²) in [6, 6.07) is 0. The maximum Gasteiger partial charge on any atom is 0.373 e. The molecule has 0 aliphatic carbocycles. The van der Waals surface area contributed by atoms with Crippen LogP contribution in [0.25, 0.3) is 0 Å². The number of esters is 1. The molecule has 0 atom stereocenters. The van der Waals surface area contributed by atoms with Gasteiger partial charge in [-0.1, -0.05) is 0 Å². The third-order valence-corrected chi connectivity index (χ3v) is 2.04. The molecule has 1 aliphatic heterocycles. The monoisotopic (exact) mass is 184 g/mol. The third-order valence-electron chi connectivity index (χ3n) is 2.04. The zero-order valence-electron chi connectivity index (χ0n) is 8.26. The van der Waals surface area contributed by atoms with Crippen molar-refractivity contribution in [2.75, 3.05) is 13.2 Å². The van der Waals surface area contributed by atoms with Crippen LogP contribution in [-0.2, 0) is 14.3 Å². The van der Waals surface area contributed by atoms with E-state index in [9.17, 15) is 4.79 Å². The lowest BCUT2D eigenvalue weighted by Gasteiger charge is -2.08. The van der Waals surface area contributed by atoms with Crippen molar-refractivity contribution in [1.29, 1.82) is 0 Å². The predicted molar refractivity (Wildman–Crippen MR) is 49.1 cm³/mol. The van der Waals surface area contributed by atoms with Crippen LogP contribution in [0.1, 0.15) is 33.1 Å². The highest BCUT2D eigenvalue weighted by Gasteiger charge is 2.17. The van der Waals surface area contributed by atoms with Gasteiger partial charge in [0.05, 0.1) is 13.2 Å². The number of rotatable bonds is 2. The van der Waals surface area contributed by atoms with Crippen LogP contribution in [0.5, 0.6) is 0 Å². The largest absolute Gasteiger partial charge is 0.487 e. The van der Waals surface area contributed by atoms with E-state index in [1.165, 1.54) is 0 Å². The highest BCUT2D eigenvalue weighted by molar-refractivity contribution is 5.87. The first-order chi connectivity index (χ1) is 6.25. The number of ether oxygens (including phenoxy) is 2. The van der Waals surface area contributed by atoms with Gasteiger partial charge in [-0.25, -0.2) is 4.79 Å². The Balaban J connectivity index is 2.67. The van der Waals surface area contributed by atoms with Gasteiger partial charge in [0, 0.05) is 0 Å². The summed E-state index contributed by atoms with van der Waals surface area (Å²) < 4.78 is 10.2. The summed E-state index contributed by atoms with van der Waals surface area (Å²) >= 11 is 0. The lowest BCUT2D eigenvalue weighted by atomic mass is 10.1. The lowest BCUT2D eigenvalue weighted by molar-refractivity contribution is -0.142. The molecular formula is C10H16O3. The van der Waals surface area contributed by atoms with Gasteiger partial charge < -0.3 is 9.47 Å². The second kappa shape index (κ2) is 4.90. The van der Waals surface area contributed by atoms with E-state index in [1.54, 1.807) is 6.92 Å². The first-order valence-electron chi connectivity index (χ1n) is 4.75. The summed E-state index contributed by atoms with van der Waals surface area (Å²) in [6.45, 7) is 4.76. The number of carbonyl (C=O) groups is 1. The standard InChI is InChI=1S/C10H16O3/c1-3-12-10(11)9-8(2)6-4-5-7-13-9/h3-7H2,1-2H3. The van der Waals surface area contributed by atoms with Crippen LogP contribution in [0.2, 0.25) is 0 Å². The van der Waals surface area contributed by atoms with Crippen molar-refractivity contribution in [3.05, 3.63) is 11.3 Å². The second-order valence-corrected chi connectivity index (χ2v) is 3.14. The zero-order chi connectivity index (χ0) is 9.68. The Bertz CT molecular complexity index is 218. The Labute approximate surface area is 78.7 Å². The first-order valence-corrected chi connectivity index (χ1v) is 4.75. The number of hydrogen-bond donors (Lipinski definition) is 0. The minimum Gasteiger partial charge on any atom is -0.487 e. The Kier molecular flexibility index (Phi) is 3.80. The van der Waals surface area contributed by atoms with Crippen molar-refractivity contribution in [1.82, 2.24) is 0 Å². The Hall–Kier alpha value is -0.990. The van der Waals surface area contributed by atoms with E-state index in [-0.39, 0.29) is 5.97 Å². The fourth-order valence-electron chi connectivity index (χ4n) is 1.33. The van der Waals surface area contributed by atoms with E-state index < -0.39 is 0 Å². The minimum atomic E-state index is -0.318. The van der Waals surface area contributed by atoms with E-state index in [0.29, 0.717) is 19.0 Å². The van der Waals surface area contributed by atoms with Gasteiger partial charge in [-0.05, 0) is 38.7 Å². The Morgan fingerprint density at radius 3 is 3.00 bits per heavy atom. The Morgan fingerprint density at radius 2 is 2.31 bits per heavy atom. The minimum absolute atomic E-state index is 0.318. The van der Waals surface area contributed by atoms with Gasteiger partial charge in [-0.3, -0.25) is 0 Å². The van der Waals surface area contributed by atoms with Crippen molar-refractivity contribution < 1.29 is 14.3 Å². The Morgan fingerprint density at radius 1 is 1.54 bits per heavy atom. The summed E-state index contributed by atoms with van der Waals surface area (Å²) in [6.07, 6.45) is 3.04. The van der Waals surface area contributed by atoms with Gasteiger partial charge in [0.1, 0.15) is 0 Å². The maximum absolute atomic E-state index is 11.4.